The first kappa shape index (κ1) is 6.34. The molecule has 0 aromatic carbocycles. The Bertz CT molecular complexity index is 250. The third-order valence-corrected chi connectivity index (χ3v) is 1.93. The molecule has 0 N–H and O–H groups in total. The van der Waals surface area contributed by atoms with E-state index >= 15 is 0 Å². The third kappa shape index (κ3) is 0.808. The Morgan fingerprint density at radius 3 is 1.91 bits per heavy atom. The number of amides is 2. The highest BCUT2D eigenvalue weighted by atomic mass is 16.2. The minimum absolute atomic E-state index is 0.305. The molecule has 2 unspecified atom stereocenters. The minimum Gasteiger partial charge on any atom is -0.272 e. The van der Waals surface area contributed by atoms with Gasteiger partial charge in [0.2, 0.25) is 0 Å². The monoisotopic (exact) mass is 148 g/mol. The molecule has 1 saturated heterocycles. The normalized spacial score (nSPS) is 33.8. The molecule has 2 amide bonds. The number of hydrogen-bond acceptors (Lipinski definition) is 2. The molecule has 2 aliphatic rings. The summed E-state index contributed by atoms with van der Waals surface area (Å²) in [5.74, 6) is -1.24. The predicted molar refractivity (Wildman–Crippen MR) is 37.4 cm³/mol. The molecule has 0 spiro atoms. The fraction of sp³-hybridized carbons (Fsp3) is 0.250. The molecule has 1 aliphatic heterocycles. The zero-order valence-electron chi connectivity index (χ0n) is 5.73. The molecule has 11 heavy (non-hydrogen) atoms. The fourth-order valence-electron chi connectivity index (χ4n) is 1.34. The van der Waals surface area contributed by atoms with Gasteiger partial charge in [0.15, 0.2) is 0 Å². The lowest BCUT2D eigenvalue weighted by Crippen LogP contribution is -2.14. The maximum absolute atomic E-state index is 10.9. The summed E-state index contributed by atoms with van der Waals surface area (Å²) in [6.45, 7) is 0. The quantitative estimate of drug-likeness (QED) is 0.454. The van der Waals surface area contributed by atoms with Gasteiger partial charge in [0, 0.05) is 0 Å². The van der Waals surface area contributed by atoms with Crippen LogP contribution in [-0.4, -0.2) is 11.8 Å². The molecule has 0 aromatic rings. The van der Waals surface area contributed by atoms with Crippen molar-refractivity contribution in [1.29, 1.82) is 0 Å². The van der Waals surface area contributed by atoms with E-state index in [2.05, 4.69) is 5.32 Å². The summed E-state index contributed by atoms with van der Waals surface area (Å²) in [6, 6.07) is 0. The van der Waals surface area contributed by atoms with Gasteiger partial charge in [-0.05, 0) is 0 Å². The highest BCUT2D eigenvalue weighted by Gasteiger charge is 2.40. The van der Waals surface area contributed by atoms with E-state index < -0.39 is 0 Å². The third-order valence-electron chi connectivity index (χ3n) is 1.93. The van der Waals surface area contributed by atoms with Crippen LogP contribution >= 0.6 is 0 Å². The van der Waals surface area contributed by atoms with Crippen LogP contribution in [0.25, 0.3) is 0 Å². The zero-order valence-corrected chi connectivity index (χ0v) is 5.73. The Morgan fingerprint density at radius 1 is 1.00 bits per heavy atom. The van der Waals surface area contributed by atoms with Crippen LogP contribution in [0, 0.1) is 11.8 Å². The number of rotatable bonds is 0. The first-order valence-corrected chi connectivity index (χ1v) is 3.43. The van der Waals surface area contributed by atoms with Crippen molar-refractivity contribution in [3.8, 4) is 0 Å². The van der Waals surface area contributed by atoms with Crippen molar-refractivity contribution < 1.29 is 9.59 Å². The van der Waals surface area contributed by atoms with Crippen LogP contribution in [0.5, 0.6) is 0 Å². The Labute approximate surface area is 63.8 Å². The number of hydrogen-bond donors (Lipinski definition) is 0. The molecule has 0 aromatic heterocycles. The van der Waals surface area contributed by atoms with Crippen molar-refractivity contribution >= 4 is 11.8 Å². The van der Waals surface area contributed by atoms with E-state index in [1.807, 2.05) is 0 Å². The summed E-state index contributed by atoms with van der Waals surface area (Å²) in [6.07, 6.45) is 6.99. The maximum Gasteiger partial charge on any atom is 0.256 e. The lowest BCUT2D eigenvalue weighted by atomic mass is 9.91. The van der Waals surface area contributed by atoms with Crippen LogP contribution in [0.2, 0.25) is 0 Å². The summed E-state index contributed by atoms with van der Waals surface area (Å²) in [5.41, 5.74) is 0. The van der Waals surface area contributed by atoms with Gasteiger partial charge in [-0.3, -0.25) is 9.59 Å². The minimum atomic E-state index is -0.313. The van der Waals surface area contributed by atoms with Crippen LogP contribution in [0.15, 0.2) is 24.3 Å². The molecular formula is C8H6NO2. The standard InChI is InChI=1S/C8H6NO2/c10-7-5-3-1-2-4-6(5)8(11)9-7/h1-6H. The van der Waals surface area contributed by atoms with Crippen LogP contribution in [0.3, 0.4) is 0 Å². The van der Waals surface area contributed by atoms with Gasteiger partial charge in [-0.25, -0.2) is 0 Å². The van der Waals surface area contributed by atoms with E-state index in [9.17, 15) is 9.59 Å². The van der Waals surface area contributed by atoms with Gasteiger partial charge in [-0.1, -0.05) is 24.3 Å². The molecule has 1 radical (unpaired) electrons. The molecule has 0 bridgehead atoms. The van der Waals surface area contributed by atoms with Gasteiger partial charge in [0.25, 0.3) is 11.8 Å². The molecule has 1 heterocycles. The summed E-state index contributed by atoms with van der Waals surface area (Å²) in [5, 5.41) is 3.35. The second-order valence-electron chi connectivity index (χ2n) is 2.61. The second-order valence-corrected chi connectivity index (χ2v) is 2.61. The first-order chi connectivity index (χ1) is 5.29. The molecule has 1 fully saturated rings. The Balaban J connectivity index is 2.37. The van der Waals surface area contributed by atoms with Crippen LogP contribution in [0.1, 0.15) is 0 Å². The van der Waals surface area contributed by atoms with Gasteiger partial charge in [0.05, 0.1) is 11.8 Å². The van der Waals surface area contributed by atoms with Crippen molar-refractivity contribution in [2.24, 2.45) is 11.8 Å². The second kappa shape index (κ2) is 2.05. The zero-order chi connectivity index (χ0) is 7.84. The fourth-order valence-corrected chi connectivity index (χ4v) is 1.34. The topological polar surface area (TPSA) is 48.2 Å². The SMILES string of the molecule is O=C1[N]C(=O)C2C=CC=CC12. The molecule has 55 valence electrons. The first-order valence-electron chi connectivity index (χ1n) is 3.43. The summed E-state index contributed by atoms with van der Waals surface area (Å²) in [4.78, 5) is 21.9. The van der Waals surface area contributed by atoms with E-state index in [1.165, 1.54) is 0 Å². The number of carbonyl (C=O) groups is 2. The van der Waals surface area contributed by atoms with Crippen LogP contribution in [-0.2, 0) is 9.59 Å². The van der Waals surface area contributed by atoms with E-state index in [-0.39, 0.29) is 23.7 Å². The van der Waals surface area contributed by atoms with E-state index in [0.29, 0.717) is 0 Å². The van der Waals surface area contributed by atoms with Crippen molar-refractivity contribution in [1.82, 2.24) is 5.32 Å². The van der Waals surface area contributed by atoms with Crippen LogP contribution < -0.4 is 5.32 Å². The van der Waals surface area contributed by atoms with E-state index in [1.54, 1.807) is 24.3 Å². The summed E-state index contributed by atoms with van der Waals surface area (Å²) < 4.78 is 0. The average molecular weight is 148 g/mol. The summed E-state index contributed by atoms with van der Waals surface area (Å²) >= 11 is 0. The van der Waals surface area contributed by atoms with Crippen molar-refractivity contribution in [2.75, 3.05) is 0 Å². The number of nitrogens with zero attached hydrogens (tertiary/aromatic N) is 1. The van der Waals surface area contributed by atoms with Gasteiger partial charge in [-0.15, -0.1) is 0 Å². The molecule has 3 nitrogen and oxygen atoms in total. The number of imide groups is 1. The Kier molecular flexibility index (Phi) is 1.18. The predicted octanol–water partition coefficient (Wildman–Crippen LogP) is 0.0160. The van der Waals surface area contributed by atoms with Gasteiger partial charge < -0.3 is 0 Å². The molecule has 1 aliphatic carbocycles. The van der Waals surface area contributed by atoms with E-state index in [4.69, 9.17) is 0 Å². The lowest BCUT2D eigenvalue weighted by molar-refractivity contribution is -0.126. The lowest BCUT2D eigenvalue weighted by Gasteiger charge is -2.07. The Hall–Kier alpha value is -1.38. The average Bonchev–Trinajstić information content (AvgIpc) is 2.30. The highest BCUT2D eigenvalue weighted by Crippen LogP contribution is 2.25. The van der Waals surface area contributed by atoms with Gasteiger partial charge >= 0.3 is 0 Å². The smallest absolute Gasteiger partial charge is 0.256 e. The number of allylic oxidation sites excluding steroid dienone is 2. The molecule has 2 rings (SSSR count). The van der Waals surface area contributed by atoms with Crippen LogP contribution in [0.4, 0.5) is 0 Å². The van der Waals surface area contributed by atoms with Crippen molar-refractivity contribution in [3.05, 3.63) is 24.3 Å². The summed E-state index contributed by atoms with van der Waals surface area (Å²) in [7, 11) is 0. The molecule has 3 heteroatoms. The van der Waals surface area contributed by atoms with E-state index in [0.717, 1.165) is 0 Å². The van der Waals surface area contributed by atoms with Gasteiger partial charge in [-0.2, -0.15) is 5.32 Å². The highest BCUT2D eigenvalue weighted by molar-refractivity contribution is 6.06. The van der Waals surface area contributed by atoms with Crippen molar-refractivity contribution in [3.63, 3.8) is 0 Å². The van der Waals surface area contributed by atoms with Gasteiger partial charge in [0.1, 0.15) is 0 Å². The molecular weight excluding hydrogens is 142 g/mol. The molecule has 2 atom stereocenters. The molecule has 0 saturated carbocycles. The Morgan fingerprint density at radius 2 is 1.45 bits per heavy atom. The maximum atomic E-state index is 10.9. The van der Waals surface area contributed by atoms with Crippen molar-refractivity contribution in [2.45, 2.75) is 0 Å². The number of fused-ring (bicyclic) bond motifs is 1. The number of carbonyl (C=O) groups excluding carboxylic acids is 2. The largest absolute Gasteiger partial charge is 0.272 e.